The molecule has 0 aromatic heterocycles. The van der Waals surface area contributed by atoms with Crippen LogP contribution in [0.1, 0.15) is 27.1 Å². The van der Waals surface area contributed by atoms with Crippen LogP contribution in [0.3, 0.4) is 0 Å². The first-order valence-electron chi connectivity index (χ1n) is 12.5. The molecule has 1 saturated carbocycles. The lowest BCUT2D eigenvalue weighted by Gasteiger charge is -2.44. The molecule has 12 nitrogen and oxygen atoms in total. The van der Waals surface area contributed by atoms with Crippen molar-refractivity contribution in [2.75, 3.05) is 6.61 Å². The third kappa shape index (κ3) is 6.38. The normalized spacial score (nSPS) is 33.1. The molecule has 0 radical (unpaired) electrons. The number of allylic oxidation sites excluding steroid dienone is 1. The Morgan fingerprint density at radius 1 is 0.875 bits per heavy atom. The van der Waals surface area contributed by atoms with Gasteiger partial charge in [0.05, 0.1) is 29.9 Å². The van der Waals surface area contributed by atoms with Crippen molar-refractivity contribution in [3.63, 3.8) is 0 Å². The van der Waals surface area contributed by atoms with Crippen LogP contribution in [0.5, 0.6) is 0 Å². The van der Waals surface area contributed by atoms with Gasteiger partial charge in [-0.3, -0.25) is 0 Å². The van der Waals surface area contributed by atoms with Crippen molar-refractivity contribution in [2.45, 2.75) is 61.5 Å². The summed E-state index contributed by atoms with van der Waals surface area (Å²) in [5.41, 5.74) is 0.321. The second-order valence-corrected chi connectivity index (χ2v) is 9.32. The van der Waals surface area contributed by atoms with E-state index in [1.54, 1.807) is 36.4 Å². The summed E-state index contributed by atoms with van der Waals surface area (Å²) in [6, 6.07) is 17.7. The van der Waals surface area contributed by atoms with Crippen LogP contribution in [-0.4, -0.2) is 99.2 Å². The first-order valence-corrected chi connectivity index (χ1v) is 12.5. The number of nitrogens with zero attached hydrogens (tertiary/aromatic N) is 1. The Balaban J connectivity index is 1.65. The van der Waals surface area contributed by atoms with Gasteiger partial charge in [-0.25, -0.2) is 9.59 Å². The van der Waals surface area contributed by atoms with Crippen molar-refractivity contribution >= 4 is 11.9 Å². The minimum atomic E-state index is -1.77. The molecular weight excluding hydrogens is 526 g/mol. The van der Waals surface area contributed by atoms with Gasteiger partial charge >= 0.3 is 11.9 Å². The van der Waals surface area contributed by atoms with Crippen LogP contribution in [-0.2, 0) is 18.9 Å². The van der Waals surface area contributed by atoms with Gasteiger partial charge < -0.3 is 44.5 Å². The van der Waals surface area contributed by atoms with Gasteiger partial charge in [-0.2, -0.15) is 5.26 Å². The first-order chi connectivity index (χ1) is 19.2. The average Bonchev–Trinajstić information content (AvgIpc) is 2.98. The minimum Gasteiger partial charge on any atom is -0.456 e. The molecule has 2 aromatic carbocycles. The highest BCUT2D eigenvalue weighted by Gasteiger charge is 2.49. The van der Waals surface area contributed by atoms with Crippen molar-refractivity contribution in [1.82, 2.24) is 0 Å². The number of esters is 2. The Kier molecular flexibility index (Phi) is 9.62. The molecule has 5 N–H and O–H groups in total. The molecule has 1 aliphatic carbocycles. The zero-order valence-corrected chi connectivity index (χ0v) is 21.1. The molecule has 0 unspecified atom stereocenters. The number of hydrogen-bond acceptors (Lipinski definition) is 12. The van der Waals surface area contributed by atoms with E-state index in [0.717, 1.165) is 6.08 Å². The van der Waals surface area contributed by atoms with Gasteiger partial charge in [0, 0.05) is 18.1 Å². The van der Waals surface area contributed by atoms with E-state index in [1.165, 1.54) is 24.3 Å². The predicted octanol–water partition coefficient (Wildman–Crippen LogP) is -0.163. The number of carbonyl (C=O) groups is 2. The van der Waals surface area contributed by atoms with Gasteiger partial charge in [-0.15, -0.1) is 0 Å². The van der Waals surface area contributed by atoms with E-state index in [-0.39, 0.29) is 23.1 Å². The molecule has 1 aliphatic heterocycles. The molecule has 2 aromatic rings. The number of nitriles is 1. The maximum atomic E-state index is 12.9. The number of hydrogen-bond donors (Lipinski definition) is 5. The number of rotatable bonds is 7. The smallest absolute Gasteiger partial charge is 0.338 e. The lowest BCUT2D eigenvalue weighted by molar-refractivity contribution is -0.312. The quantitative estimate of drug-likeness (QED) is 0.224. The van der Waals surface area contributed by atoms with Crippen LogP contribution in [0.2, 0.25) is 0 Å². The topological polar surface area (TPSA) is 196 Å². The van der Waals surface area contributed by atoms with Gasteiger partial charge in [0.15, 0.2) is 12.4 Å². The van der Waals surface area contributed by atoms with Crippen molar-refractivity contribution < 1.29 is 54.1 Å². The van der Waals surface area contributed by atoms with E-state index in [2.05, 4.69) is 0 Å². The van der Waals surface area contributed by atoms with E-state index in [9.17, 15) is 40.4 Å². The molecule has 1 heterocycles. The zero-order chi connectivity index (χ0) is 28.8. The zero-order valence-electron chi connectivity index (χ0n) is 21.1. The van der Waals surface area contributed by atoms with Gasteiger partial charge in [-0.1, -0.05) is 36.4 Å². The molecule has 2 fully saturated rings. The van der Waals surface area contributed by atoms with Gasteiger partial charge in [0.1, 0.15) is 36.6 Å². The minimum absolute atomic E-state index is 0.0248. The molecule has 0 amide bonds. The molecule has 212 valence electrons. The second kappa shape index (κ2) is 13.1. The van der Waals surface area contributed by atoms with Crippen molar-refractivity contribution in [3.05, 3.63) is 83.4 Å². The second-order valence-electron chi connectivity index (χ2n) is 9.32. The Bertz CT molecular complexity index is 1230. The Hall–Kier alpha value is -3.67. The fraction of sp³-hybridized carbons (Fsp3) is 0.393. The lowest BCUT2D eigenvalue weighted by Crippen LogP contribution is -2.61. The summed E-state index contributed by atoms with van der Waals surface area (Å²) in [5, 5.41) is 61.0. The molecular formula is C28H29NO11. The number of benzene rings is 2. The number of aliphatic hydroxyl groups excluding tert-OH is 5. The summed E-state index contributed by atoms with van der Waals surface area (Å²) in [6.45, 7) is -0.705. The summed E-state index contributed by atoms with van der Waals surface area (Å²) in [5.74, 6) is -1.62. The van der Waals surface area contributed by atoms with Crippen LogP contribution in [0.25, 0.3) is 0 Å². The predicted molar refractivity (Wildman–Crippen MR) is 134 cm³/mol. The Morgan fingerprint density at radius 2 is 1.45 bits per heavy atom. The number of aliphatic hydroxyl groups is 5. The molecule has 0 spiro atoms. The van der Waals surface area contributed by atoms with E-state index >= 15 is 0 Å². The summed E-state index contributed by atoms with van der Waals surface area (Å²) >= 11 is 0. The standard InChI is InChI=1S/C28H29NO11/c29-12-11-17-18(38-28-24(34)23(33)21(31)20(14-30)39-28)13-19(37-26(35)15-7-3-1-4-8-15)22(32)25(17)40-27(36)16-9-5-2-6-10-16/h1-11,18-25,28,30-34H,13-14H2/t18-,19+,20-,21-,22+,23+,24-,25+,28-/m1/s1. The van der Waals surface area contributed by atoms with Crippen LogP contribution in [0.4, 0.5) is 0 Å². The van der Waals surface area contributed by atoms with Crippen molar-refractivity contribution in [1.29, 1.82) is 5.26 Å². The fourth-order valence-corrected chi connectivity index (χ4v) is 4.58. The van der Waals surface area contributed by atoms with E-state index in [0.29, 0.717) is 0 Å². The van der Waals surface area contributed by atoms with Crippen LogP contribution in [0, 0.1) is 11.3 Å². The first kappa shape index (κ1) is 29.3. The maximum absolute atomic E-state index is 12.9. The van der Waals surface area contributed by atoms with Gasteiger partial charge in [0.25, 0.3) is 0 Å². The third-order valence-corrected chi connectivity index (χ3v) is 6.73. The Labute approximate surface area is 229 Å². The molecule has 9 atom stereocenters. The highest BCUT2D eigenvalue weighted by atomic mass is 16.7. The van der Waals surface area contributed by atoms with Crippen molar-refractivity contribution in [3.8, 4) is 6.07 Å². The Morgan fingerprint density at radius 3 is 2.00 bits per heavy atom. The summed E-state index contributed by atoms with van der Waals surface area (Å²) < 4.78 is 22.5. The third-order valence-electron chi connectivity index (χ3n) is 6.73. The van der Waals surface area contributed by atoms with Crippen molar-refractivity contribution in [2.24, 2.45) is 0 Å². The highest BCUT2D eigenvalue weighted by molar-refractivity contribution is 5.90. The largest absolute Gasteiger partial charge is 0.456 e. The van der Waals surface area contributed by atoms with E-state index < -0.39 is 73.7 Å². The molecule has 12 heteroatoms. The van der Waals surface area contributed by atoms with E-state index in [1.807, 2.05) is 6.07 Å². The molecule has 0 bridgehead atoms. The molecule has 40 heavy (non-hydrogen) atoms. The molecule has 1 saturated heterocycles. The number of ether oxygens (including phenoxy) is 4. The molecule has 4 rings (SSSR count). The maximum Gasteiger partial charge on any atom is 0.338 e. The highest BCUT2D eigenvalue weighted by Crippen LogP contribution is 2.35. The summed E-state index contributed by atoms with van der Waals surface area (Å²) in [7, 11) is 0. The monoisotopic (exact) mass is 555 g/mol. The van der Waals surface area contributed by atoms with E-state index in [4.69, 9.17) is 18.9 Å². The lowest BCUT2D eigenvalue weighted by atomic mass is 9.84. The SMILES string of the molecule is N#CC=C1[C@H](O[C@@H]2O[C@H](CO)[C@@H](O)[C@H](O)[C@H]2O)C[C@H](OC(=O)c2ccccc2)[C@H](O)[C@H]1OC(=O)c1ccccc1. The van der Waals surface area contributed by atoms with Crippen LogP contribution in [0.15, 0.2) is 72.3 Å². The average molecular weight is 556 g/mol. The number of carbonyl (C=O) groups excluding carboxylic acids is 2. The van der Waals surface area contributed by atoms with Crippen LogP contribution >= 0.6 is 0 Å². The van der Waals surface area contributed by atoms with Gasteiger partial charge in [0.2, 0.25) is 0 Å². The summed E-state index contributed by atoms with van der Waals surface area (Å²) in [4.78, 5) is 25.7. The fourth-order valence-electron chi connectivity index (χ4n) is 4.58. The molecule has 2 aliphatic rings. The summed E-state index contributed by atoms with van der Waals surface area (Å²) in [6.07, 6.45) is -13.0. The van der Waals surface area contributed by atoms with Gasteiger partial charge in [-0.05, 0) is 24.3 Å². The van der Waals surface area contributed by atoms with Crippen LogP contribution < -0.4 is 0 Å².